The minimum atomic E-state index is -3.83. The van der Waals surface area contributed by atoms with Crippen LogP contribution in [0.2, 0.25) is 0 Å². The van der Waals surface area contributed by atoms with Crippen molar-refractivity contribution in [1.29, 1.82) is 0 Å². The van der Waals surface area contributed by atoms with E-state index in [-0.39, 0.29) is 9.62 Å². The molecule has 10 heteroatoms. The number of anilines is 2. The van der Waals surface area contributed by atoms with Gasteiger partial charge in [0.2, 0.25) is 0 Å². The first-order chi connectivity index (χ1) is 16.4. The lowest BCUT2D eigenvalue weighted by Gasteiger charge is -2.26. The van der Waals surface area contributed by atoms with Gasteiger partial charge >= 0.3 is 0 Å². The summed E-state index contributed by atoms with van der Waals surface area (Å²) < 4.78 is 30.7. The zero-order valence-electron chi connectivity index (χ0n) is 21.5. The van der Waals surface area contributed by atoms with Crippen LogP contribution in [0.4, 0.5) is 10.8 Å². The third kappa shape index (κ3) is 5.34. The van der Waals surface area contributed by atoms with E-state index in [4.69, 9.17) is 4.98 Å². The summed E-state index contributed by atoms with van der Waals surface area (Å²) in [6, 6.07) is 5.73. The van der Waals surface area contributed by atoms with Gasteiger partial charge in [0.1, 0.15) is 12.1 Å². The highest BCUT2D eigenvalue weighted by atomic mass is 32.2. The molecule has 192 valence electrons. The van der Waals surface area contributed by atoms with Gasteiger partial charge in [-0.1, -0.05) is 51.4 Å². The average molecular weight is 520 g/mol. The number of benzene rings is 1. The molecule has 2 heterocycles. The molecule has 1 aliphatic rings. The molecular weight excluding hydrogens is 482 g/mol. The minimum Gasteiger partial charge on any atom is -0.374 e. The number of thiazole rings is 1. The third-order valence-electron chi connectivity index (χ3n) is 6.61. The molecule has 1 aromatic carbocycles. The van der Waals surface area contributed by atoms with Crippen LogP contribution in [0.3, 0.4) is 0 Å². The van der Waals surface area contributed by atoms with Crippen LogP contribution in [0.5, 0.6) is 0 Å². The number of sulfonamides is 1. The monoisotopic (exact) mass is 519 g/mol. The highest BCUT2D eigenvalue weighted by molar-refractivity contribution is 7.94. The Hall–Kier alpha value is -2.17. The number of hydrogen-bond donors (Lipinski definition) is 2. The van der Waals surface area contributed by atoms with Crippen molar-refractivity contribution in [2.75, 3.05) is 16.7 Å². The molecule has 1 atom stereocenters. The van der Waals surface area contributed by atoms with Crippen LogP contribution >= 0.6 is 11.3 Å². The van der Waals surface area contributed by atoms with Crippen molar-refractivity contribution in [3.63, 3.8) is 0 Å². The Bertz CT molecular complexity index is 1300. The van der Waals surface area contributed by atoms with Crippen LogP contribution in [-0.2, 0) is 22.0 Å². The number of aromatic nitrogens is 3. The molecule has 0 bridgehead atoms. The van der Waals surface area contributed by atoms with Gasteiger partial charge in [0.15, 0.2) is 9.34 Å². The van der Waals surface area contributed by atoms with Gasteiger partial charge in [0.25, 0.3) is 10.0 Å². The number of imidazole rings is 1. The number of aliphatic hydroxyl groups excluding tert-OH is 1. The average Bonchev–Trinajstić information content (AvgIpc) is 3.33. The van der Waals surface area contributed by atoms with Crippen LogP contribution < -0.4 is 9.62 Å². The van der Waals surface area contributed by atoms with Gasteiger partial charge in [-0.2, -0.15) is 0 Å². The number of fused-ring (bicyclic) bond motifs is 1. The zero-order chi connectivity index (χ0) is 25.5. The summed E-state index contributed by atoms with van der Waals surface area (Å²) in [5.74, 6) is 1.69. The van der Waals surface area contributed by atoms with Gasteiger partial charge in [0, 0.05) is 19.0 Å². The van der Waals surface area contributed by atoms with E-state index in [1.54, 1.807) is 20.9 Å². The SMILES string of the molecule is Cc1nc(NC(C)O)sc1S(=O)(=O)N(C)c1ccc2c(c1)nc(C(C)(C)C)n2CC1CCCCC1. The quantitative estimate of drug-likeness (QED) is 0.413. The Kier molecular flexibility index (Phi) is 7.19. The summed E-state index contributed by atoms with van der Waals surface area (Å²) in [7, 11) is -2.27. The van der Waals surface area contributed by atoms with Crippen molar-refractivity contribution < 1.29 is 13.5 Å². The molecule has 0 amide bonds. The first-order valence-electron chi connectivity index (χ1n) is 12.3. The van der Waals surface area contributed by atoms with E-state index in [0.29, 0.717) is 22.4 Å². The number of nitrogens with one attached hydrogen (secondary N) is 1. The number of aryl methyl sites for hydroxylation is 1. The summed E-state index contributed by atoms with van der Waals surface area (Å²) in [4.78, 5) is 9.26. The number of hydrogen-bond acceptors (Lipinski definition) is 7. The van der Waals surface area contributed by atoms with Crippen molar-refractivity contribution in [1.82, 2.24) is 14.5 Å². The molecule has 0 aliphatic heterocycles. The predicted octanol–water partition coefficient (Wildman–Crippen LogP) is 5.25. The molecule has 1 fully saturated rings. The molecule has 0 spiro atoms. The van der Waals surface area contributed by atoms with E-state index in [1.165, 1.54) is 36.4 Å². The van der Waals surface area contributed by atoms with E-state index < -0.39 is 16.3 Å². The van der Waals surface area contributed by atoms with Crippen molar-refractivity contribution >= 4 is 43.2 Å². The fourth-order valence-electron chi connectivity index (χ4n) is 4.82. The number of aliphatic hydroxyl groups is 1. The van der Waals surface area contributed by atoms with Crippen molar-refractivity contribution in [2.24, 2.45) is 5.92 Å². The molecule has 35 heavy (non-hydrogen) atoms. The summed E-state index contributed by atoms with van der Waals surface area (Å²) in [5, 5.41) is 12.7. The molecule has 8 nitrogen and oxygen atoms in total. The molecular formula is C25H37N5O3S2. The Morgan fingerprint density at radius 1 is 1.23 bits per heavy atom. The Morgan fingerprint density at radius 2 is 1.91 bits per heavy atom. The largest absolute Gasteiger partial charge is 0.374 e. The first-order valence-corrected chi connectivity index (χ1v) is 14.6. The van der Waals surface area contributed by atoms with Crippen LogP contribution in [0.1, 0.15) is 71.3 Å². The van der Waals surface area contributed by atoms with Crippen molar-refractivity contribution in [2.45, 2.75) is 89.1 Å². The standard InChI is InChI=1S/C25H37N5O3S2/c1-16-22(34-24(26-16)27-17(2)31)35(32,33)29(6)19-12-13-21-20(14-19)28-23(25(3,4)5)30(21)15-18-10-8-7-9-11-18/h12-14,17-18,31H,7-11,15H2,1-6H3,(H,26,27). The lowest BCUT2D eigenvalue weighted by molar-refractivity contribution is 0.224. The van der Waals surface area contributed by atoms with E-state index in [1.807, 2.05) is 18.2 Å². The molecule has 0 saturated heterocycles. The van der Waals surface area contributed by atoms with Crippen LogP contribution in [0.25, 0.3) is 11.0 Å². The summed E-state index contributed by atoms with van der Waals surface area (Å²) in [6.07, 6.45) is 5.59. The topological polar surface area (TPSA) is 100 Å². The lowest BCUT2D eigenvalue weighted by atomic mass is 9.88. The van der Waals surface area contributed by atoms with E-state index in [9.17, 15) is 13.5 Å². The van der Waals surface area contributed by atoms with Gasteiger partial charge in [0.05, 0.1) is 22.4 Å². The normalized spacial score (nSPS) is 16.5. The molecule has 2 aromatic heterocycles. The van der Waals surface area contributed by atoms with Gasteiger partial charge in [-0.05, 0) is 50.8 Å². The molecule has 1 saturated carbocycles. The Labute approximate surface area is 212 Å². The second-order valence-corrected chi connectivity index (χ2v) is 13.8. The van der Waals surface area contributed by atoms with E-state index in [0.717, 1.165) is 34.7 Å². The summed E-state index contributed by atoms with van der Waals surface area (Å²) >= 11 is 1.02. The van der Waals surface area contributed by atoms with Gasteiger partial charge in [-0.15, -0.1) is 0 Å². The molecule has 2 N–H and O–H groups in total. The van der Waals surface area contributed by atoms with Gasteiger partial charge in [-0.3, -0.25) is 4.31 Å². The summed E-state index contributed by atoms with van der Waals surface area (Å²) in [5.41, 5.74) is 2.69. The molecule has 0 radical (unpaired) electrons. The maximum Gasteiger partial charge on any atom is 0.275 e. The smallest absolute Gasteiger partial charge is 0.275 e. The molecule has 4 rings (SSSR count). The highest BCUT2D eigenvalue weighted by Gasteiger charge is 2.29. The number of nitrogens with zero attached hydrogens (tertiary/aromatic N) is 4. The predicted molar refractivity (Wildman–Crippen MR) is 143 cm³/mol. The number of rotatable bonds is 7. The van der Waals surface area contributed by atoms with Crippen LogP contribution in [0.15, 0.2) is 22.4 Å². The fraction of sp³-hybridized carbons (Fsp3) is 0.600. The van der Waals surface area contributed by atoms with Crippen LogP contribution in [0, 0.1) is 12.8 Å². The van der Waals surface area contributed by atoms with Crippen LogP contribution in [-0.4, -0.2) is 41.3 Å². The maximum atomic E-state index is 13.5. The van der Waals surface area contributed by atoms with Gasteiger partial charge in [-0.25, -0.2) is 18.4 Å². The molecule has 1 aliphatic carbocycles. The van der Waals surface area contributed by atoms with E-state index >= 15 is 0 Å². The Balaban J connectivity index is 1.70. The maximum absolute atomic E-state index is 13.5. The fourth-order valence-corrected chi connectivity index (χ4v) is 7.66. The lowest BCUT2D eigenvalue weighted by Crippen LogP contribution is -2.26. The third-order valence-corrected chi connectivity index (χ3v) is 10.1. The molecule has 3 aromatic rings. The van der Waals surface area contributed by atoms with E-state index in [2.05, 4.69) is 35.6 Å². The van der Waals surface area contributed by atoms with Gasteiger partial charge < -0.3 is 15.0 Å². The summed E-state index contributed by atoms with van der Waals surface area (Å²) in [6.45, 7) is 10.7. The van der Waals surface area contributed by atoms with Crippen molar-refractivity contribution in [3.05, 3.63) is 29.7 Å². The highest BCUT2D eigenvalue weighted by Crippen LogP contribution is 2.35. The first kappa shape index (κ1) is 25.9. The Morgan fingerprint density at radius 3 is 2.54 bits per heavy atom. The second kappa shape index (κ2) is 9.71. The minimum absolute atomic E-state index is 0.126. The molecule has 1 unspecified atom stereocenters. The second-order valence-electron chi connectivity index (χ2n) is 10.7. The zero-order valence-corrected chi connectivity index (χ0v) is 23.1. The van der Waals surface area contributed by atoms with Crippen molar-refractivity contribution in [3.8, 4) is 0 Å².